The number of hydrogen-bond donors (Lipinski definition) is 1. The van der Waals surface area contributed by atoms with Gasteiger partial charge in [0.25, 0.3) is 0 Å². The van der Waals surface area contributed by atoms with Crippen LogP contribution in [0.1, 0.15) is 30.9 Å². The second-order valence-electron chi connectivity index (χ2n) is 4.87. The summed E-state index contributed by atoms with van der Waals surface area (Å²) in [5.74, 6) is 0. The van der Waals surface area contributed by atoms with Crippen LogP contribution in [0.3, 0.4) is 0 Å². The topological polar surface area (TPSA) is 29.3 Å². The van der Waals surface area contributed by atoms with Crippen molar-refractivity contribution in [2.24, 2.45) is 0 Å². The minimum atomic E-state index is 0.899. The van der Waals surface area contributed by atoms with Gasteiger partial charge in [0.2, 0.25) is 0 Å². The summed E-state index contributed by atoms with van der Waals surface area (Å²) in [6, 6.07) is 6.41. The van der Waals surface area contributed by atoms with Gasteiger partial charge in [0.15, 0.2) is 0 Å². The Kier molecular flexibility index (Phi) is 3.85. The van der Waals surface area contributed by atoms with Gasteiger partial charge in [-0.15, -0.1) is 0 Å². The number of nitrogen functional groups attached to an aromatic ring is 1. The fourth-order valence-corrected chi connectivity index (χ4v) is 2.36. The average molecular weight is 230 g/mol. The summed E-state index contributed by atoms with van der Waals surface area (Å²) in [5.41, 5.74) is 10.8. The van der Waals surface area contributed by atoms with Crippen LogP contribution in [-0.4, -0.2) is 24.5 Å². The molecular weight excluding hydrogens is 208 g/mol. The van der Waals surface area contributed by atoms with Crippen molar-refractivity contribution in [2.45, 2.75) is 26.7 Å². The third-order valence-electron chi connectivity index (χ3n) is 3.42. The molecule has 0 aliphatic carbocycles. The highest BCUT2D eigenvalue weighted by atomic mass is 15.1. The van der Waals surface area contributed by atoms with E-state index in [0.717, 1.165) is 24.2 Å². The van der Waals surface area contributed by atoms with E-state index in [4.69, 9.17) is 5.73 Å². The SMILES string of the molecule is CCCN1CCC=C(c2ccc(C)c(N)c2)C1. The maximum Gasteiger partial charge on any atom is 0.0349 e. The van der Waals surface area contributed by atoms with Crippen LogP contribution in [0.2, 0.25) is 0 Å². The summed E-state index contributed by atoms with van der Waals surface area (Å²) in [5, 5.41) is 0. The molecule has 1 aliphatic heterocycles. The largest absolute Gasteiger partial charge is 0.398 e. The first kappa shape index (κ1) is 12.2. The van der Waals surface area contributed by atoms with Crippen LogP contribution in [0.4, 0.5) is 5.69 Å². The molecule has 0 bridgehead atoms. The molecule has 2 rings (SSSR count). The van der Waals surface area contributed by atoms with Crippen molar-refractivity contribution in [2.75, 3.05) is 25.4 Å². The Morgan fingerprint density at radius 2 is 2.18 bits per heavy atom. The van der Waals surface area contributed by atoms with Gasteiger partial charge in [-0.2, -0.15) is 0 Å². The number of rotatable bonds is 3. The molecule has 0 fully saturated rings. The lowest BCUT2D eigenvalue weighted by Gasteiger charge is -2.27. The normalized spacial score (nSPS) is 16.9. The Morgan fingerprint density at radius 3 is 2.88 bits per heavy atom. The molecule has 0 aromatic heterocycles. The van der Waals surface area contributed by atoms with Crippen molar-refractivity contribution in [3.05, 3.63) is 35.4 Å². The summed E-state index contributed by atoms with van der Waals surface area (Å²) in [4.78, 5) is 2.52. The Morgan fingerprint density at radius 1 is 1.35 bits per heavy atom. The molecule has 1 aliphatic rings. The molecule has 0 unspecified atom stereocenters. The molecule has 0 radical (unpaired) electrons. The average Bonchev–Trinajstić information content (AvgIpc) is 2.33. The number of anilines is 1. The maximum absolute atomic E-state index is 5.98. The smallest absolute Gasteiger partial charge is 0.0349 e. The maximum atomic E-state index is 5.98. The molecule has 1 heterocycles. The van der Waals surface area contributed by atoms with Crippen molar-refractivity contribution < 1.29 is 0 Å². The van der Waals surface area contributed by atoms with E-state index in [0.29, 0.717) is 0 Å². The molecule has 0 saturated carbocycles. The highest BCUT2D eigenvalue weighted by Gasteiger charge is 2.13. The van der Waals surface area contributed by atoms with E-state index in [1.807, 2.05) is 0 Å². The molecule has 0 amide bonds. The van der Waals surface area contributed by atoms with Crippen LogP contribution < -0.4 is 5.73 Å². The quantitative estimate of drug-likeness (QED) is 0.809. The molecule has 2 heteroatoms. The van der Waals surface area contributed by atoms with Gasteiger partial charge < -0.3 is 5.73 Å². The van der Waals surface area contributed by atoms with Gasteiger partial charge in [0, 0.05) is 18.8 Å². The number of nitrogens with two attached hydrogens (primary N) is 1. The van der Waals surface area contributed by atoms with Crippen LogP contribution >= 0.6 is 0 Å². The van der Waals surface area contributed by atoms with Crippen LogP contribution in [0.5, 0.6) is 0 Å². The first-order valence-corrected chi connectivity index (χ1v) is 6.48. The summed E-state index contributed by atoms with van der Waals surface area (Å²) in [7, 11) is 0. The Labute approximate surface area is 104 Å². The standard InChI is InChI=1S/C15H22N2/c1-3-8-17-9-4-5-14(11-17)13-7-6-12(2)15(16)10-13/h5-7,10H,3-4,8-9,11,16H2,1-2H3. The lowest BCUT2D eigenvalue weighted by atomic mass is 9.99. The fourth-order valence-electron chi connectivity index (χ4n) is 2.36. The molecule has 1 aromatic rings. The van der Waals surface area contributed by atoms with Crippen molar-refractivity contribution in [1.82, 2.24) is 4.90 Å². The summed E-state index contributed by atoms with van der Waals surface area (Å²) >= 11 is 0. The van der Waals surface area contributed by atoms with Crippen molar-refractivity contribution >= 4 is 11.3 Å². The van der Waals surface area contributed by atoms with Gasteiger partial charge in [0.1, 0.15) is 0 Å². The molecule has 1 aromatic carbocycles. The summed E-state index contributed by atoms with van der Waals surface area (Å²) in [6.45, 7) is 7.74. The van der Waals surface area contributed by atoms with E-state index in [2.05, 4.69) is 43.0 Å². The zero-order valence-corrected chi connectivity index (χ0v) is 10.9. The lowest BCUT2D eigenvalue weighted by molar-refractivity contribution is 0.305. The zero-order chi connectivity index (χ0) is 12.3. The van der Waals surface area contributed by atoms with Gasteiger partial charge >= 0.3 is 0 Å². The molecule has 2 N–H and O–H groups in total. The molecule has 2 nitrogen and oxygen atoms in total. The first-order chi connectivity index (χ1) is 8.20. The number of aryl methyl sites for hydroxylation is 1. The Hall–Kier alpha value is -1.28. The Balaban J connectivity index is 2.16. The number of benzene rings is 1. The summed E-state index contributed by atoms with van der Waals surface area (Å²) in [6.07, 6.45) is 4.74. The van der Waals surface area contributed by atoms with E-state index in [9.17, 15) is 0 Å². The molecule has 0 atom stereocenters. The van der Waals surface area contributed by atoms with Crippen LogP contribution in [-0.2, 0) is 0 Å². The minimum absolute atomic E-state index is 0.899. The third kappa shape index (κ3) is 2.89. The van der Waals surface area contributed by atoms with E-state index in [1.165, 1.54) is 30.6 Å². The van der Waals surface area contributed by atoms with Crippen molar-refractivity contribution in [3.63, 3.8) is 0 Å². The highest BCUT2D eigenvalue weighted by Crippen LogP contribution is 2.24. The first-order valence-electron chi connectivity index (χ1n) is 6.48. The second-order valence-corrected chi connectivity index (χ2v) is 4.87. The van der Waals surface area contributed by atoms with Crippen LogP contribution in [0.15, 0.2) is 24.3 Å². The van der Waals surface area contributed by atoms with Crippen LogP contribution in [0.25, 0.3) is 5.57 Å². The number of nitrogens with zero attached hydrogens (tertiary/aromatic N) is 1. The van der Waals surface area contributed by atoms with Crippen molar-refractivity contribution in [3.8, 4) is 0 Å². The van der Waals surface area contributed by atoms with E-state index < -0.39 is 0 Å². The third-order valence-corrected chi connectivity index (χ3v) is 3.42. The monoisotopic (exact) mass is 230 g/mol. The molecular formula is C15H22N2. The molecule has 17 heavy (non-hydrogen) atoms. The van der Waals surface area contributed by atoms with E-state index in [1.54, 1.807) is 0 Å². The van der Waals surface area contributed by atoms with Gasteiger partial charge in [-0.25, -0.2) is 0 Å². The van der Waals surface area contributed by atoms with E-state index >= 15 is 0 Å². The molecule has 92 valence electrons. The fraction of sp³-hybridized carbons (Fsp3) is 0.467. The van der Waals surface area contributed by atoms with Gasteiger partial charge in [-0.1, -0.05) is 25.1 Å². The molecule has 0 spiro atoms. The minimum Gasteiger partial charge on any atom is -0.398 e. The molecule has 0 saturated heterocycles. The van der Waals surface area contributed by atoms with Gasteiger partial charge in [-0.05, 0) is 49.1 Å². The zero-order valence-electron chi connectivity index (χ0n) is 10.9. The van der Waals surface area contributed by atoms with Crippen molar-refractivity contribution in [1.29, 1.82) is 0 Å². The summed E-state index contributed by atoms with van der Waals surface area (Å²) < 4.78 is 0. The van der Waals surface area contributed by atoms with Gasteiger partial charge in [-0.3, -0.25) is 4.90 Å². The predicted octanol–water partition coefficient (Wildman–Crippen LogP) is 3.08. The second kappa shape index (κ2) is 5.37. The highest BCUT2D eigenvalue weighted by molar-refractivity contribution is 5.71. The predicted molar refractivity (Wildman–Crippen MR) is 74.9 cm³/mol. The lowest BCUT2D eigenvalue weighted by Crippen LogP contribution is -2.30. The van der Waals surface area contributed by atoms with Crippen LogP contribution in [0, 0.1) is 6.92 Å². The van der Waals surface area contributed by atoms with Gasteiger partial charge in [0.05, 0.1) is 0 Å². The van der Waals surface area contributed by atoms with E-state index in [-0.39, 0.29) is 0 Å². The Bertz CT molecular complexity index is 421. The number of hydrogen-bond acceptors (Lipinski definition) is 2.